The monoisotopic (exact) mass is 554 g/mol. The lowest BCUT2D eigenvalue weighted by atomic mass is 10.0. The van der Waals surface area contributed by atoms with Crippen molar-refractivity contribution in [3.63, 3.8) is 0 Å². The van der Waals surface area contributed by atoms with Gasteiger partial charge in [0.05, 0.1) is 12.6 Å². The number of unbranched alkanes of at least 4 members (excludes halogenated alkanes) is 1. The van der Waals surface area contributed by atoms with Gasteiger partial charge in [0.25, 0.3) is 5.91 Å². The number of nitrogens with zero attached hydrogens (tertiary/aromatic N) is 1. The van der Waals surface area contributed by atoms with Crippen molar-refractivity contribution in [2.24, 2.45) is 7.05 Å². The highest BCUT2D eigenvalue weighted by Crippen LogP contribution is 2.29. The molecule has 0 saturated carbocycles. The van der Waals surface area contributed by atoms with Gasteiger partial charge in [-0.15, -0.1) is 0 Å². The summed E-state index contributed by atoms with van der Waals surface area (Å²) in [6, 6.07) is 22.2. The number of carbonyl (C=O) groups excluding carboxylic acids is 2. The summed E-state index contributed by atoms with van der Waals surface area (Å²) in [4.78, 5) is 25.1. The van der Waals surface area contributed by atoms with E-state index in [0.29, 0.717) is 17.9 Å². The summed E-state index contributed by atoms with van der Waals surface area (Å²) in [5, 5.41) is 4.30. The molecule has 0 radical (unpaired) electrons. The van der Waals surface area contributed by atoms with E-state index in [-0.39, 0.29) is 17.9 Å². The van der Waals surface area contributed by atoms with Crippen molar-refractivity contribution in [1.82, 2.24) is 9.88 Å². The molecule has 0 bridgehead atoms. The first-order valence-corrected chi connectivity index (χ1v) is 14.6. The molecule has 0 spiro atoms. The number of aryl methyl sites for hydroxylation is 2. The van der Waals surface area contributed by atoms with Crippen LogP contribution in [-0.4, -0.2) is 29.2 Å². The molecule has 0 fully saturated rings. The number of ether oxygens (including phenoxy) is 2. The fourth-order valence-corrected chi connectivity index (χ4v) is 5.13. The molecule has 4 rings (SSSR count). The summed E-state index contributed by atoms with van der Waals surface area (Å²) in [7, 11) is 2.04. The highest BCUT2D eigenvalue weighted by molar-refractivity contribution is 5.99. The maximum absolute atomic E-state index is 13.2. The number of amides is 1. The lowest BCUT2D eigenvalue weighted by Crippen LogP contribution is -2.26. The summed E-state index contributed by atoms with van der Waals surface area (Å²) >= 11 is 0. The van der Waals surface area contributed by atoms with Crippen molar-refractivity contribution < 1.29 is 19.1 Å². The molecule has 3 aromatic carbocycles. The van der Waals surface area contributed by atoms with Gasteiger partial charge in [-0.25, -0.2) is 4.79 Å². The third-order valence-electron chi connectivity index (χ3n) is 7.77. The van der Waals surface area contributed by atoms with E-state index in [2.05, 4.69) is 54.1 Å². The standard InChI is InChI=1S/C35H42N2O4/c1-7-9-10-26-11-15-28(16-12-26)23(3)36-34(38)29-17-20-31-32(24(4)37(6)33(31)22-29)21-27-13-18-30(19-14-27)41-25(5)35(39)40-8-2/h11-20,22-23,25H,7-10,21H2,1-6H3,(H,36,38)/t23-,25?/m0/s1. The molecule has 1 unspecified atom stereocenters. The fraction of sp³-hybridized carbons (Fsp3) is 0.371. The molecule has 2 atom stereocenters. The topological polar surface area (TPSA) is 69.6 Å². The van der Waals surface area contributed by atoms with E-state index < -0.39 is 6.10 Å². The molecule has 216 valence electrons. The van der Waals surface area contributed by atoms with Gasteiger partial charge in [0.1, 0.15) is 5.75 Å². The lowest BCUT2D eigenvalue weighted by Gasteiger charge is -2.15. The first-order chi connectivity index (χ1) is 19.7. The van der Waals surface area contributed by atoms with Crippen molar-refractivity contribution in [2.75, 3.05) is 6.61 Å². The molecular weight excluding hydrogens is 512 g/mol. The van der Waals surface area contributed by atoms with E-state index in [4.69, 9.17) is 9.47 Å². The van der Waals surface area contributed by atoms with E-state index >= 15 is 0 Å². The fourth-order valence-electron chi connectivity index (χ4n) is 5.13. The van der Waals surface area contributed by atoms with Gasteiger partial charge in [-0.05, 0) is 93.5 Å². The molecule has 6 nitrogen and oxygen atoms in total. The van der Waals surface area contributed by atoms with Crippen molar-refractivity contribution in [3.8, 4) is 5.75 Å². The Balaban J connectivity index is 1.46. The zero-order chi connectivity index (χ0) is 29.5. The second-order valence-corrected chi connectivity index (χ2v) is 10.7. The largest absolute Gasteiger partial charge is 0.479 e. The average molecular weight is 555 g/mol. The van der Waals surface area contributed by atoms with Crippen LogP contribution in [0.15, 0.2) is 66.7 Å². The molecule has 0 saturated heterocycles. The van der Waals surface area contributed by atoms with Crippen LogP contribution < -0.4 is 10.1 Å². The average Bonchev–Trinajstić information content (AvgIpc) is 3.21. The van der Waals surface area contributed by atoms with Gasteiger partial charge in [-0.1, -0.05) is 55.8 Å². The minimum absolute atomic E-state index is 0.0810. The number of rotatable bonds is 12. The molecule has 1 N–H and O–H groups in total. The maximum Gasteiger partial charge on any atom is 0.347 e. The Hall–Kier alpha value is -4.06. The highest BCUT2D eigenvalue weighted by atomic mass is 16.6. The number of benzene rings is 3. The minimum Gasteiger partial charge on any atom is -0.479 e. The van der Waals surface area contributed by atoms with Crippen molar-refractivity contribution in [3.05, 3.63) is 100 Å². The molecule has 0 aliphatic carbocycles. The summed E-state index contributed by atoms with van der Waals surface area (Å²) in [6.07, 6.45) is 3.54. The van der Waals surface area contributed by atoms with E-state index in [9.17, 15) is 9.59 Å². The number of carbonyl (C=O) groups is 2. The van der Waals surface area contributed by atoms with Crippen molar-refractivity contribution in [1.29, 1.82) is 0 Å². The van der Waals surface area contributed by atoms with Crippen LogP contribution in [0.1, 0.15) is 84.9 Å². The number of fused-ring (bicyclic) bond motifs is 1. The van der Waals surface area contributed by atoms with Crippen molar-refractivity contribution in [2.45, 2.75) is 72.4 Å². The summed E-state index contributed by atoms with van der Waals surface area (Å²) in [5.41, 5.74) is 7.62. The quantitative estimate of drug-likeness (QED) is 0.187. The van der Waals surface area contributed by atoms with E-state index in [0.717, 1.165) is 40.6 Å². The van der Waals surface area contributed by atoms with Crippen molar-refractivity contribution >= 4 is 22.8 Å². The van der Waals surface area contributed by atoms with Crippen LogP contribution in [-0.2, 0) is 29.4 Å². The van der Waals surface area contributed by atoms with Crippen LogP contribution >= 0.6 is 0 Å². The van der Waals surface area contributed by atoms with Gasteiger partial charge in [0, 0.05) is 29.2 Å². The Morgan fingerprint density at radius 2 is 1.61 bits per heavy atom. The van der Waals surface area contributed by atoms with Gasteiger partial charge in [-0.2, -0.15) is 0 Å². The number of aromatic nitrogens is 1. The smallest absolute Gasteiger partial charge is 0.347 e. The third-order valence-corrected chi connectivity index (χ3v) is 7.77. The Kier molecular flexibility index (Phi) is 9.87. The second kappa shape index (κ2) is 13.5. The van der Waals surface area contributed by atoms with Crippen LogP contribution in [0, 0.1) is 6.92 Å². The van der Waals surface area contributed by atoms with E-state index in [1.807, 2.05) is 50.4 Å². The Labute approximate surface area is 243 Å². The lowest BCUT2D eigenvalue weighted by molar-refractivity contribution is -0.150. The minimum atomic E-state index is -0.661. The first-order valence-electron chi connectivity index (χ1n) is 14.6. The molecule has 1 heterocycles. The summed E-state index contributed by atoms with van der Waals surface area (Å²) < 4.78 is 12.9. The number of hydrogen-bond acceptors (Lipinski definition) is 4. The van der Waals surface area contributed by atoms with Gasteiger partial charge in [0.15, 0.2) is 6.10 Å². The molecule has 6 heteroatoms. The predicted octanol–water partition coefficient (Wildman–Crippen LogP) is 7.24. The van der Waals surface area contributed by atoms with Gasteiger partial charge in [-0.3, -0.25) is 4.79 Å². The second-order valence-electron chi connectivity index (χ2n) is 10.7. The highest BCUT2D eigenvalue weighted by Gasteiger charge is 2.18. The predicted molar refractivity (Wildman–Crippen MR) is 165 cm³/mol. The maximum atomic E-state index is 13.2. The van der Waals surface area contributed by atoms with E-state index in [1.165, 1.54) is 24.0 Å². The molecular formula is C35H42N2O4. The third kappa shape index (κ3) is 7.18. The number of hydrogen-bond donors (Lipinski definition) is 1. The molecule has 1 aromatic heterocycles. The molecule has 0 aliphatic heterocycles. The van der Waals surface area contributed by atoms with Gasteiger partial charge in [0.2, 0.25) is 0 Å². The van der Waals surface area contributed by atoms with Crippen LogP contribution in [0.25, 0.3) is 10.9 Å². The van der Waals surface area contributed by atoms with Crippen LogP contribution in [0.2, 0.25) is 0 Å². The van der Waals surface area contributed by atoms with E-state index in [1.54, 1.807) is 13.8 Å². The molecule has 1 amide bonds. The Bertz CT molecular complexity index is 1490. The number of nitrogens with one attached hydrogen (secondary N) is 1. The van der Waals surface area contributed by atoms with Crippen LogP contribution in [0.4, 0.5) is 0 Å². The SMILES string of the molecule is CCCCc1ccc([C@H](C)NC(=O)c2ccc3c(Cc4ccc(OC(C)C(=O)OCC)cc4)c(C)n(C)c3c2)cc1. The zero-order valence-corrected chi connectivity index (χ0v) is 25.1. The number of esters is 1. The van der Waals surface area contributed by atoms with Gasteiger partial charge >= 0.3 is 5.97 Å². The van der Waals surface area contributed by atoms with Crippen LogP contribution in [0.3, 0.4) is 0 Å². The van der Waals surface area contributed by atoms with Gasteiger partial charge < -0.3 is 19.4 Å². The summed E-state index contributed by atoms with van der Waals surface area (Å²) in [5.74, 6) is 0.172. The zero-order valence-electron chi connectivity index (χ0n) is 25.1. The Morgan fingerprint density at radius 1 is 0.927 bits per heavy atom. The molecule has 41 heavy (non-hydrogen) atoms. The first kappa shape index (κ1) is 29.9. The molecule has 0 aliphatic rings. The normalized spacial score (nSPS) is 12.6. The summed E-state index contributed by atoms with van der Waals surface area (Å²) in [6.45, 7) is 10.1. The van der Waals surface area contributed by atoms with Crippen LogP contribution in [0.5, 0.6) is 5.75 Å². The molecule has 4 aromatic rings. The Morgan fingerprint density at radius 3 is 2.27 bits per heavy atom.